The second-order valence-corrected chi connectivity index (χ2v) is 5.70. The summed E-state index contributed by atoms with van der Waals surface area (Å²) in [6, 6.07) is 0. The zero-order valence-corrected chi connectivity index (χ0v) is 13.9. The second kappa shape index (κ2) is 6.85. The average molecular weight is 322 g/mol. The van der Waals surface area contributed by atoms with Crippen molar-refractivity contribution in [3.05, 3.63) is 22.5 Å². The molecule has 0 aromatic carbocycles. The van der Waals surface area contributed by atoms with Crippen LogP contribution in [0.15, 0.2) is 0 Å². The summed E-state index contributed by atoms with van der Waals surface area (Å²) >= 11 is 0. The molecule has 0 aliphatic carbocycles. The molecular weight excluding hydrogens is 300 g/mol. The third kappa shape index (κ3) is 3.38. The van der Waals surface area contributed by atoms with E-state index in [1.807, 2.05) is 0 Å². The van der Waals surface area contributed by atoms with Gasteiger partial charge in [0, 0.05) is 18.8 Å². The van der Waals surface area contributed by atoms with Gasteiger partial charge in [-0.25, -0.2) is 9.59 Å². The van der Waals surface area contributed by atoms with Crippen LogP contribution in [0, 0.1) is 13.8 Å². The lowest BCUT2D eigenvalue weighted by atomic mass is 10.1. The topological polar surface area (TPSA) is 88.7 Å². The number of H-pyrrole nitrogens is 1. The Balaban J connectivity index is 2.11. The van der Waals surface area contributed by atoms with Crippen LogP contribution in [-0.4, -0.2) is 54.0 Å². The number of carbonyl (C=O) groups is 3. The van der Waals surface area contributed by atoms with Crippen molar-refractivity contribution in [1.29, 1.82) is 0 Å². The second-order valence-electron chi connectivity index (χ2n) is 5.70. The maximum Gasteiger partial charge on any atom is 0.355 e. The van der Waals surface area contributed by atoms with Crippen LogP contribution in [0.4, 0.5) is 0 Å². The standard InChI is InChI=1S/C16H22N2O5/c1-9-12(15(20)22-4)10(2)17-13(9)16(21)23-11(3)14(19)18-7-5-6-8-18/h11,17H,5-8H2,1-4H3/t11-/m0/s1. The minimum absolute atomic E-state index is 0.170. The largest absolute Gasteiger partial charge is 0.465 e. The van der Waals surface area contributed by atoms with E-state index in [4.69, 9.17) is 9.47 Å². The summed E-state index contributed by atoms with van der Waals surface area (Å²) in [5.41, 5.74) is 1.47. The third-order valence-corrected chi connectivity index (χ3v) is 4.08. The van der Waals surface area contributed by atoms with Gasteiger partial charge in [0.2, 0.25) is 0 Å². The van der Waals surface area contributed by atoms with Gasteiger partial charge in [-0.2, -0.15) is 0 Å². The van der Waals surface area contributed by atoms with Crippen LogP contribution in [0.1, 0.15) is 51.9 Å². The molecule has 0 radical (unpaired) electrons. The molecule has 1 aliphatic heterocycles. The number of aromatic nitrogens is 1. The van der Waals surface area contributed by atoms with Crippen LogP contribution in [0.25, 0.3) is 0 Å². The summed E-state index contributed by atoms with van der Waals surface area (Å²) < 4.78 is 9.97. The molecule has 0 bridgehead atoms. The number of ether oxygens (including phenoxy) is 2. The summed E-state index contributed by atoms with van der Waals surface area (Å²) in [4.78, 5) is 40.8. The fourth-order valence-corrected chi connectivity index (χ4v) is 2.83. The van der Waals surface area contributed by atoms with Crippen LogP contribution in [0.5, 0.6) is 0 Å². The molecule has 1 N–H and O–H groups in total. The number of hydrogen-bond donors (Lipinski definition) is 1. The molecule has 1 aliphatic rings. The number of hydrogen-bond acceptors (Lipinski definition) is 5. The molecule has 1 saturated heterocycles. The third-order valence-electron chi connectivity index (χ3n) is 4.08. The number of rotatable bonds is 4. The maximum absolute atomic E-state index is 12.3. The number of likely N-dealkylation sites (tertiary alicyclic amines) is 1. The Morgan fingerprint density at radius 3 is 2.30 bits per heavy atom. The Bertz CT molecular complexity index is 629. The number of carbonyl (C=O) groups excluding carboxylic acids is 3. The first-order chi connectivity index (χ1) is 10.9. The number of aryl methyl sites for hydroxylation is 1. The summed E-state index contributed by atoms with van der Waals surface area (Å²) in [7, 11) is 1.28. The van der Waals surface area contributed by atoms with Crippen LogP contribution in [0.2, 0.25) is 0 Å². The highest BCUT2D eigenvalue weighted by Crippen LogP contribution is 2.20. The van der Waals surface area contributed by atoms with Crippen molar-refractivity contribution >= 4 is 17.8 Å². The first-order valence-corrected chi connectivity index (χ1v) is 7.64. The van der Waals surface area contributed by atoms with Gasteiger partial charge in [-0.3, -0.25) is 4.79 Å². The van der Waals surface area contributed by atoms with Gasteiger partial charge in [-0.05, 0) is 39.2 Å². The molecule has 2 rings (SSSR count). The minimum atomic E-state index is -0.856. The first-order valence-electron chi connectivity index (χ1n) is 7.64. The Kier molecular flexibility index (Phi) is 5.08. The van der Waals surface area contributed by atoms with Gasteiger partial charge >= 0.3 is 11.9 Å². The zero-order chi connectivity index (χ0) is 17.1. The fraction of sp³-hybridized carbons (Fsp3) is 0.562. The van der Waals surface area contributed by atoms with E-state index in [1.165, 1.54) is 7.11 Å². The highest BCUT2D eigenvalue weighted by Gasteiger charge is 2.29. The number of methoxy groups -OCH3 is 1. The van der Waals surface area contributed by atoms with Crippen LogP contribution in [-0.2, 0) is 14.3 Å². The molecule has 0 saturated carbocycles. The fourth-order valence-electron chi connectivity index (χ4n) is 2.83. The molecule has 2 heterocycles. The number of aromatic amines is 1. The summed E-state index contributed by atoms with van der Waals surface area (Å²) in [5.74, 6) is -1.36. The van der Waals surface area contributed by atoms with E-state index in [2.05, 4.69) is 4.98 Å². The quantitative estimate of drug-likeness (QED) is 0.850. The molecule has 126 valence electrons. The van der Waals surface area contributed by atoms with Gasteiger partial charge in [0.05, 0.1) is 12.7 Å². The van der Waals surface area contributed by atoms with Crippen molar-refractivity contribution in [3.8, 4) is 0 Å². The first kappa shape index (κ1) is 17.1. The SMILES string of the molecule is COC(=O)c1c(C)[nH]c(C(=O)O[C@@H](C)C(=O)N2CCCC2)c1C. The summed E-state index contributed by atoms with van der Waals surface area (Å²) in [6.07, 6.45) is 1.10. The molecule has 1 aromatic rings. The number of esters is 2. The molecule has 1 amide bonds. The van der Waals surface area contributed by atoms with Gasteiger partial charge in [-0.15, -0.1) is 0 Å². The van der Waals surface area contributed by atoms with Gasteiger partial charge in [-0.1, -0.05) is 0 Å². The lowest BCUT2D eigenvalue weighted by molar-refractivity contribution is -0.138. The van der Waals surface area contributed by atoms with Crippen molar-refractivity contribution in [3.63, 3.8) is 0 Å². The molecule has 0 spiro atoms. The molecule has 7 heteroatoms. The lowest BCUT2D eigenvalue weighted by Gasteiger charge is -2.20. The predicted molar refractivity (Wildman–Crippen MR) is 82.3 cm³/mol. The maximum atomic E-state index is 12.3. The number of nitrogens with zero attached hydrogens (tertiary/aromatic N) is 1. The van der Waals surface area contributed by atoms with Crippen molar-refractivity contribution in [2.45, 2.75) is 39.7 Å². The Morgan fingerprint density at radius 2 is 1.74 bits per heavy atom. The van der Waals surface area contributed by atoms with E-state index < -0.39 is 18.0 Å². The molecule has 1 atom stereocenters. The van der Waals surface area contributed by atoms with Crippen LogP contribution in [0.3, 0.4) is 0 Å². The Morgan fingerprint density at radius 1 is 1.13 bits per heavy atom. The monoisotopic (exact) mass is 322 g/mol. The molecule has 7 nitrogen and oxygen atoms in total. The highest BCUT2D eigenvalue weighted by molar-refractivity contribution is 5.99. The van der Waals surface area contributed by atoms with E-state index in [0.29, 0.717) is 29.9 Å². The smallest absolute Gasteiger partial charge is 0.355 e. The Labute approximate surface area is 134 Å². The highest BCUT2D eigenvalue weighted by atomic mass is 16.5. The van der Waals surface area contributed by atoms with E-state index in [1.54, 1.807) is 25.7 Å². The van der Waals surface area contributed by atoms with Crippen molar-refractivity contribution < 1.29 is 23.9 Å². The molecule has 23 heavy (non-hydrogen) atoms. The van der Waals surface area contributed by atoms with Gasteiger partial charge in [0.1, 0.15) is 5.69 Å². The van der Waals surface area contributed by atoms with Crippen LogP contribution >= 0.6 is 0 Å². The predicted octanol–water partition coefficient (Wildman–Crippen LogP) is 1.59. The van der Waals surface area contributed by atoms with Gasteiger partial charge in [0.15, 0.2) is 6.10 Å². The van der Waals surface area contributed by atoms with Crippen LogP contribution < -0.4 is 0 Å². The van der Waals surface area contributed by atoms with E-state index in [9.17, 15) is 14.4 Å². The molecule has 1 fully saturated rings. The normalized spacial score (nSPS) is 15.4. The van der Waals surface area contributed by atoms with Crippen molar-refractivity contribution in [2.24, 2.45) is 0 Å². The van der Waals surface area contributed by atoms with Gasteiger partial charge in [0.25, 0.3) is 5.91 Å². The van der Waals surface area contributed by atoms with Gasteiger partial charge < -0.3 is 19.4 Å². The van der Waals surface area contributed by atoms with Crippen molar-refractivity contribution in [1.82, 2.24) is 9.88 Å². The molecule has 1 aromatic heterocycles. The van der Waals surface area contributed by atoms with Crippen molar-refractivity contribution in [2.75, 3.05) is 20.2 Å². The number of nitrogens with one attached hydrogen (secondary N) is 1. The average Bonchev–Trinajstić information content (AvgIpc) is 3.14. The minimum Gasteiger partial charge on any atom is -0.465 e. The zero-order valence-electron chi connectivity index (χ0n) is 13.9. The van der Waals surface area contributed by atoms with E-state index in [-0.39, 0.29) is 11.6 Å². The summed E-state index contributed by atoms with van der Waals surface area (Å²) in [5, 5.41) is 0. The number of amides is 1. The Hall–Kier alpha value is -2.31. The lowest BCUT2D eigenvalue weighted by Crippen LogP contribution is -2.38. The molecular formula is C16H22N2O5. The molecule has 0 unspecified atom stereocenters. The van der Waals surface area contributed by atoms with E-state index >= 15 is 0 Å². The summed E-state index contributed by atoms with van der Waals surface area (Å²) in [6.45, 7) is 6.28. The van der Waals surface area contributed by atoms with E-state index in [0.717, 1.165) is 12.8 Å².